The molecule has 0 aliphatic carbocycles. The SMILES string of the molecule is Cc1nc2ccc(C3=CC(=O)N4C=C(C5CCN(C)CC5)C=CC4P3)cc2s1. The number of nitrogens with zero attached hydrogens (tertiary/aromatic N) is 3. The van der Waals surface area contributed by atoms with Crippen LogP contribution in [0.25, 0.3) is 15.5 Å². The average molecular weight is 409 g/mol. The molecule has 1 saturated heterocycles. The van der Waals surface area contributed by atoms with Crippen molar-refractivity contribution in [2.45, 2.75) is 25.5 Å². The van der Waals surface area contributed by atoms with Crippen molar-refractivity contribution in [3.63, 3.8) is 0 Å². The van der Waals surface area contributed by atoms with E-state index in [1.165, 1.54) is 23.1 Å². The number of benzene rings is 1. The lowest BCUT2D eigenvalue weighted by Crippen LogP contribution is -2.37. The molecule has 0 bridgehead atoms. The predicted molar refractivity (Wildman–Crippen MR) is 119 cm³/mol. The van der Waals surface area contributed by atoms with Crippen LogP contribution in [0.5, 0.6) is 0 Å². The molecule has 6 heteroatoms. The Kier molecular flexibility index (Phi) is 4.70. The van der Waals surface area contributed by atoms with Crippen molar-refractivity contribution in [3.8, 4) is 0 Å². The maximum Gasteiger partial charge on any atom is 0.252 e. The molecule has 0 spiro atoms. The molecule has 1 amide bonds. The van der Waals surface area contributed by atoms with E-state index in [0.717, 1.165) is 34.5 Å². The second-order valence-electron chi connectivity index (χ2n) is 7.87. The summed E-state index contributed by atoms with van der Waals surface area (Å²) in [6.45, 7) is 4.31. The van der Waals surface area contributed by atoms with Crippen LogP contribution in [-0.4, -0.2) is 46.6 Å². The number of carbonyl (C=O) groups is 1. The van der Waals surface area contributed by atoms with Crippen LogP contribution in [-0.2, 0) is 4.79 Å². The molecular formula is C22H24N3OPS. The van der Waals surface area contributed by atoms with Gasteiger partial charge < -0.3 is 9.80 Å². The molecule has 0 radical (unpaired) electrons. The molecule has 0 saturated carbocycles. The van der Waals surface area contributed by atoms with Crippen LogP contribution in [0.1, 0.15) is 23.4 Å². The summed E-state index contributed by atoms with van der Waals surface area (Å²) in [5.41, 5.74) is 3.52. The predicted octanol–water partition coefficient (Wildman–Crippen LogP) is 4.59. The third-order valence-electron chi connectivity index (χ3n) is 5.88. The molecule has 4 nitrogen and oxygen atoms in total. The fourth-order valence-electron chi connectivity index (χ4n) is 4.25. The van der Waals surface area contributed by atoms with Crippen LogP contribution in [0.3, 0.4) is 0 Å². The van der Waals surface area contributed by atoms with Crippen LogP contribution in [0.15, 0.2) is 48.2 Å². The Morgan fingerprint density at radius 3 is 2.89 bits per heavy atom. The van der Waals surface area contributed by atoms with Crippen molar-refractivity contribution in [2.75, 3.05) is 20.1 Å². The van der Waals surface area contributed by atoms with E-state index >= 15 is 0 Å². The zero-order valence-corrected chi connectivity index (χ0v) is 18.0. The number of likely N-dealkylation sites (tertiary alicyclic amines) is 1. The summed E-state index contributed by atoms with van der Waals surface area (Å²) >= 11 is 1.71. The van der Waals surface area contributed by atoms with E-state index in [9.17, 15) is 4.79 Å². The summed E-state index contributed by atoms with van der Waals surface area (Å²) in [4.78, 5) is 21.8. The zero-order chi connectivity index (χ0) is 19.3. The minimum Gasteiger partial charge on any atom is -0.306 e. The van der Waals surface area contributed by atoms with E-state index in [1.54, 1.807) is 11.3 Å². The van der Waals surface area contributed by atoms with Gasteiger partial charge in [0.1, 0.15) is 0 Å². The van der Waals surface area contributed by atoms with Gasteiger partial charge in [-0.2, -0.15) is 0 Å². The minimum absolute atomic E-state index is 0.106. The van der Waals surface area contributed by atoms with Crippen LogP contribution in [0.4, 0.5) is 0 Å². The Bertz CT molecular complexity index is 1030. The number of allylic oxidation sites excluding steroid dienone is 2. The highest BCUT2D eigenvalue weighted by Crippen LogP contribution is 2.46. The number of piperidine rings is 1. The molecule has 0 N–H and O–H groups in total. The minimum atomic E-state index is 0.106. The van der Waals surface area contributed by atoms with Crippen LogP contribution in [0.2, 0.25) is 0 Å². The first kappa shape index (κ1) is 18.2. The Morgan fingerprint density at radius 2 is 2.07 bits per heavy atom. The number of hydrogen-bond donors (Lipinski definition) is 0. The smallest absolute Gasteiger partial charge is 0.252 e. The van der Waals surface area contributed by atoms with Gasteiger partial charge in [0.2, 0.25) is 0 Å². The molecule has 1 aromatic carbocycles. The first-order valence-corrected chi connectivity index (χ1v) is 11.7. The molecule has 5 rings (SSSR count). The summed E-state index contributed by atoms with van der Waals surface area (Å²) in [6, 6.07) is 6.37. The number of carbonyl (C=O) groups excluding carboxylic acids is 1. The Balaban J connectivity index is 1.40. The molecule has 2 atom stereocenters. The van der Waals surface area contributed by atoms with E-state index in [-0.39, 0.29) is 11.7 Å². The molecule has 144 valence electrons. The summed E-state index contributed by atoms with van der Waals surface area (Å²) in [5, 5.41) is 2.23. The van der Waals surface area contributed by atoms with Crippen molar-refractivity contribution in [2.24, 2.45) is 5.92 Å². The third kappa shape index (κ3) is 3.36. The standard InChI is InChI=1S/C22H24N3OPS/c1-14-23-18-5-3-16(11-20(18)28-14)19-12-21(26)25-13-17(4-6-22(25)27-19)15-7-9-24(2)10-8-15/h3-6,11-13,15,22,27H,7-10H2,1-2H3. The molecule has 2 aromatic rings. The maximum atomic E-state index is 12.9. The largest absolute Gasteiger partial charge is 0.306 e. The van der Waals surface area contributed by atoms with Gasteiger partial charge in [-0.25, -0.2) is 4.98 Å². The Hall–Kier alpha value is -1.81. The lowest BCUT2D eigenvalue weighted by molar-refractivity contribution is -0.123. The highest BCUT2D eigenvalue weighted by molar-refractivity contribution is 7.51. The summed E-state index contributed by atoms with van der Waals surface area (Å²) in [7, 11) is 2.75. The fraction of sp³-hybridized carbons (Fsp3) is 0.364. The zero-order valence-electron chi connectivity index (χ0n) is 16.2. The molecule has 1 fully saturated rings. The number of rotatable bonds is 2. The van der Waals surface area contributed by atoms with Crippen molar-refractivity contribution >= 4 is 41.4 Å². The van der Waals surface area contributed by atoms with Gasteiger partial charge in [-0.3, -0.25) is 4.79 Å². The van der Waals surface area contributed by atoms with Crippen LogP contribution in [0, 0.1) is 12.8 Å². The lowest BCUT2D eigenvalue weighted by Gasteiger charge is -2.37. The first-order chi connectivity index (χ1) is 13.6. The van der Waals surface area contributed by atoms with Gasteiger partial charge in [-0.1, -0.05) is 26.8 Å². The average Bonchev–Trinajstić information content (AvgIpc) is 3.07. The molecule has 3 aliphatic rings. The highest BCUT2D eigenvalue weighted by Gasteiger charge is 2.30. The van der Waals surface area contributed by atoms with Gasteiger partial charge in [0.15, 0.2) is 0 Å². The monoisotopic (exact) mass is 409 g/mol. The van der Waals surface area contributed by atoms with Crippen LogP contribution < -0.4 is 0 Å². The number of amides is 1. The molecule has 2 unspecified atom stereocenters. The first-order valence-electron chi connectivity index (χ1n) is 9.83. The summed E-state index contributed by atoms with van der Waals surface area (Å²) in [6.07, 6.45) is 10.8. The van der Waals surface area contributed by atoms with Gasteiger partial charge in [0.05, 0.1) is 21.0 Å². The van der Waals surface area contributed by atoms with E-state index in [2.05, 4.69) is 53.5 Å². The second-order valence-corrected chi connectivity index (χ2v) is 10.5. The number of aromatic nitrogens is 1. The van der Waals surface area contributed by atoms with Crippen molar-refractivity contribution in [1.29, 1.82) is 0 Å². The molecule has 28 heavy (non-hydrogen) atoms. The van der Waals surface area contributed by atoms with Gasteiger partial charge in [0.25, 0.3) is 5.91 Å². The quantitative estimate of drug-likeness (QED) is 0.681. The lowest BCUT2D eigenvalue weighted by atomic mass is 9.88. The van der Waals surface area contributed by atoms with E-state index in [4.69, 9.17) is 0 Å². The van der Waals surface area contributed by atoms with Crippen LogP contribution >= 0.6 is 19.9 Å². The Labute approximate surface area is 171 Å². The van der Waals surface area contributed by atoms with Gasteiger partial charge >= 0.3 is 0 Å². The molecule has 4 heterocycles. The van der Waals surface area contributed by atoms with Gasteiger partial charge in [-0.15, -0.1) is 11.3 Å². The summed E-state index contributed by atoms with van der Waals surface area (Å²) < 4.78 is 1.19. The molecule has 3 aliphatic heterocycles. The van der Waals surface area contributed by atoms with Crippen molar-refractivity contribution in [1.82, 2.24) is 14.8 Å². The Morgan fingerprint density at radius 1 is 1.25 bits per heavy atom. The maximum absolute atomic E-state index is 12.9. The third-order valence-corrected chi connectivity index (χ3v) is 8.32. The van der Waals surface area contributed by atoms with E-state index in [0.29, 0.717) is 14.5 Å². The second kappa shape index (κ2) is 7.22. The number of hydrogen-bond acceptors (Lipinski definition) is 4. The van der Waals surface area contributed by atoms with Gasteiger partial charge in [0, 0.05) is 12.3 Å². The molecule has 1 aromatic heterocycles. The van der Waals surface area contributed by atoms with E-state index in [1.807, 2.05) is 17.9 Å². The van der Waals surface area contributed by atoms with Gasteiger partial charge in [-0.05, 0) is 74.4 Å². The number of thiazole rings is 1. The van der Waals surface area contributed by atoms with Crippen molar-refractivity contribution < 1.29 is 4.79 Å². The molecular weight excluding hydrogens is 385 g/mol. The number of aryl methyl sites for hydroxylation is 1. The fourth-order valence-corrected chi connectivity index (χ4v) is 6.50. The normalized spacial score (nSPS) is 24.6. The summed E-state index contributed by atoms with van der Waals surface area (Å²) in [5.74, 6) is 0.836. The number of fused-ring (bicyclic) bond motifs is 2. The van der Waals surface area contributed by atoms with Crippen molar-refractivity contribution in [3.05, 3.63) is 58.8 Å². The topological polar surface area (TPSA) is 36.4 Å². The van der Waals surface area contributed by atoms with E-state index < -0.39 is 0 Å². The highest BCUT2D eigenvalue weighted by atomic mass is 32.1.